The minimum atomic E-state index is -1.84. The quantitative estimate of drug-likeness (QED) is 0.369. The number of rotatable bonds is 5. The van der Waals surface area contributed by atoms with Gasteiger partial charge in [0, 0.05) is 41.5 Å². The first kappa shape index (κ1) is 16.5. The van der Waals surface area contributed by atoms with Crippen molar-refractivity contribution in [1.29, 1.82) is 0 Å². The lowest BCUT2D eigenvalue weighted by atomic mass is 10.2. The Hall–Kier alpha value is -4.26. The van der Waals surface area contributed by atoms with Crippen LogP contribution < -0.4 is 15.4 Å². The van der Waals surface area contributed by atoms with Crippen molar-refractivity contribution >= 4 is 39.3 Å². The Kier molecular flexibility index (Phi) is 4.20. The lowest BCUT2D eigenvalue weighted by Crippen LogP contribution is -2.19. The van der Waals surface area contributed by atoms with Gasteiger partial charge < -0.3 is 24.9 Å². The van der Waals surface area contributed by atoms with Crippen LogP contribution in [0.1, 0.15) is 8.30 Å². The summed E-state index contributed by atoms with van der Waals surface area (Å²) >= 11 is 0. The van der Waals surface area contributed by atoms with Crippen LogP contribution in [0.2, 0.25) is 0 Å². The number of hydrogen-bond donors (Lipinski definition) is 3. The van der Waals surface area contributed by atoms with Crippen molar-refractivity contribution in [2.24, 2.45) is 0 Å². The predicted molar refractivity (Wildman–Crippen MR) is 123 cm³/mol. The van der Waals surface area contributed by atoms with Gasteiger partial charge in [0.25, 0.3) is 0 Å². The molecule has 31 heavy (non-hydrogen) atoms. The van der Waals surface area contributed by atoms with Crippen molar-refractivity contribution in [2.45, 2.75) is 6.50 Å². The summed E-state index contributed by atoms with van der Waals surface area (Å²) in [5.74, 6) is 0.701. The van der Waals surface area contributed by atoms with Gasteiger partial charge in [0.05, 0.1) is 21.1 Å². The van der Waals surface area contributed by atoms with E-state index in [1.54, 1.807) is 78.8 Å². The van der Waals surface area contributed by atoms with Gasteiger partial charge in [-0.15, -0.1) is 0 Å². The van der Waals surface area contributed by atoms with Gasteiger partial charge in [0.15, 0.2) is 0 Å². The maximum absolute atomic E-state index is 12.6. The standard InChI is InChI=1S/C24H21N5O2/c1-31-18-9-7-17(8-10-18)27-24(30)28-21-5-2-6-22-20(21)11-13-29(22)15-16-14-26-23-19(16)4-3-12-25-23/h2-14H,15H2,1H3,(H,25,26)(H2,27,28,30)/i15D2. The van der Waals surface area contributed by atoms with Crippen LogP contribution in [0.3, 0.4) is 0 Å². The van der Waals surface area contributed by atoms with Gasteiger partial charge in [-0.25, -0.2) is 9.78 Å². The van der Waals surface area contributed by atoms with E-state index in [9.17, 15) is 4.79 Å². The van der Waals surface area contributed by atoms with Crippen LogP contribution in [0.25, 0.3) is 21.9 Å². The molecule has 0 atom stereocenters. The van der Waals surface area contributed by atoms with Crippen molar-refractivity contribution in [3.8, 4) is 5.75 Å². The number of ether oxygens (including phenoxy) is 1. The van der Waals surface area contributed by atoms with Gasteiger partial charge >= 0.3 is 6.03 Å². The molecule has 2 amide bonds. The maximum Gasteiger partial charge on any atom is 0.323 e. The molecule has 0 bridgehead atoms. The average Bonchev–Trinajstić information content (AvgIpc) is 3.45. The Labute approximate surface area is 181 Å². The number of nitrogens with one attached hydrogen (secondary N) is 3. The molecule has 0 radical (unpaired) electrons. The molecule has 3 aromatic heterocycles. The van der Waals surface area contributed by atoms with Crippen LogP contribution in [-0.2, 0) is 6.50 Å². The fourth-order valence-corrected chi connectivity index (χ4v) is 3.51. The van der Waals surface area contributed by atoms with E-state index < -0.39 is 12.5 Å². The summed E-state index contributed by atoms with van der Waals surface area (Å²) in [5.41, 5.74) is 2.97. The number of pyridine rings is 1. The molecular weight excluding hydrogens is 390 g/mol. The third kappa shape index (κ3) is 3.69. The van der Waals surface area contributed by atoms with Crippen molar-refractivity contribution in [3.05, 3.63) is 84.8 Å². The smallest absolute Gasteiger partial charge is 0.323 e. The first-order valence-electron chi connectivity index (χ1n) is 10.7. The summed E-state index contributed by atoms with van der Waals surface area (Å²) in [5, 5.41) is 7.09. The number of hydrogen-bond acceptors (Lipinski definition) is 3. The zero-order chi connectivity index (χ0) is 23.0. The predicted octanol–water partition coefficient (Wildman–Crippen LogP) is 5.22. The maximum atomic E-state index is 12.6. The second kappa shape index (κ2) is 7.87. The van der Waals surface area contributed by atoms with Gasteiger partial charge in [-0.2, -0.15) is 0 Å². The summed E-state index contributed by atoms with van der Waals surface area (Å²) < 4.78 is 24.4. The Morgan fingerprint density at radius 3 is 2.81 bits per heavy atom. The summed E-state index contributed by atoms with van der Waals surface area (Å²) in [6.07, 6.45) is 5.00. The highest BCUT2D eigenvalue weighted by molar-refractivity contribution is 6.05. The minimum Gasteiger partial charge on any atom is -0.497 e. The molecule has 0 saturated carbocycles. The molecule has 0 aliphatic heterocycles. The monoisotopic (exact) mass is 413 g/mol. The zero-order valence-electron chi connectivity index (χ0n) is 18.7. The van der Waals surface area contributed by atoms with Crippen LogP contribution in [-0.4, -0.2) is 27.7 Å². The largest absolute Gasteiger partial charge is 0.497 e. The molecule has 154 valence electrons. The van der Waals surface area contributed by atoms with E-state index >= 15 is 0 Å². The number of benzene rings is 2. The molecule has 0 saturated heterocycles. The number of carbonyl (C=O) groups is 1. The Morgan fingerprint density at radius 2 is 1.97 bits per heavy atom. The topological polar surface area (TPSA) is 84.0 Å². The fourth-order valence-electron chi connectivity index (χ4n) is 3.51. The number of carbonyl (C=O) groups excluding carboxylic acids is 1. The molecular formula is C24H21N5O2. The first-order valence-corrected chi connectivity index (χ1v) is 9.72. The number of aromatic amines is 1. The average molecular weight is 413 g/mol. The molecule has 0 spiro atoms. The van der Waals surface area contributed by atoms with Crippen LogP contribution >= 0.6 is 0 Å². The summed E-state index contributed by atoms with van der Waals surface area (Å²) in [7, 11) is 1.58. The van der Waals surface area contributed by atoms with Crippen molar-refractivity contribution in [3.63, 3.8) is 0 Å². The third-order valence-corrected chi connectivity index (χ3v) is 5.02. The second-order valence-electron chi connectivity index (χ2n) is 6.95. The molecule has 5 rings (SSSR count). The SMILES string of the molecule is [2H]C([2H])(c1c[nH]c2ncccc12)n1ccc2c(NC(=O)Nc3ccc(OC)cc3)cccc21. The number of amides is 2. The molecule has 5 aromatic rings. The van der Waals surface area contributed by atoms with E-state index in [0.29, 0.717) is 33.9 Å². The lowest BCUT2D eigenvalue weighted by Gasteiger charge is -2.10. The Bertz CT molecular complexity index is 1460. The molecule has 2 aromatic carbocycles. The lowest BCUT2D eigenvalue weighted by molar-refractivity contribution is 0.262. The molecule has 7 nitrogen and oxygen atoms in total. The Morgan fingerprint density at radius 1 is 1.10 bits per heavy atom. The summed E-state index contributed by atoms with van der Waals surface area (Å²) in [6, 6.07) is 17.4. The van der Waals surface area contributed by atoms with Crippen molar-refractivity contribution in [2.75, 3.05) is 17.7 Å². The number of nitrogens with zero attached hydrogens (tertiary/aromatic N) is 2. The van der Waals surface area contributed by atoms with E-state index in [1.807, 2.05) is 12.1 Å². The number of methoxy groups -OCH3 is 1. The molecule has 3 heterocycles. The first-order chi connectivity index (χ1) is 16.0. The highest BCUT2D eigenvalue weighted by Gasteiger charge is 2.11. The molecule has 0 aliphatic carbocycles. The van der Waals surface area contributed by atoms with Gasteiger partial charge in [0.1, 0.15) is 11.4 Å². The van der Waals surface area contributed by atoms with Crippen LogP contribution in [0.5, 0.6) is 5.75 Å². The molecule has 7 heteroatoms. The number of urea groups is 1. The van der Waals surface area contributed by atoms with E-state index in [1.165, 1.54) is 0 Å². The Balaban J connectivity index is 1.44. The number of fused-ring (bicyclic) bond motifs is 2. The highest BCUT2D eigenvalue weighted by atomic mass is 16.5. The second-order valence-corrected chi connectivity index (χ2v) is 6.95. The summed E-state index contributed by atoms with van der Waals surface area (Å²) in [4.78, 5) is 19.9. The van der Waals surface area contributed by atoms with Crippen molar-refractivity contribution in [1.82, 2.24) is 14.5 Å². The van der Waals surface area contributed by atoms with Crippen molar-refractivity contribution < 1.29 is 12.3 Å². The van der Waals surface area contributed by atoms with Crippen LogP contribution in [0.15, 0.2) is 79.3 Å². The minimum absolute atomic E-state index is 0.397. The van der Waals surface area contributed by atoms with E-state index in [0.717, 1.165) is 10.8 Å². The molecule has 0 aliphatic rings. The van der Waals surface area contributed by atoms with Gasteiger partial charge in [0.2, 0.25) is 0 Å². The van der Waals surface area contributed by atoms with Gasteiger partial charge in [-0.3, -0.25) is 0 Å². The molecule has 3 N–H and O–H groups in total. The van der Waals surface area contributed by atoms with E-state index in [-0.39, 0.29) is 0 Å². The van der Waals surface area contributed by atoms with Gasteiger partial charge in [-0.1, -0.05) is 6.07 Å². The van der Waals surface area contributed by atoms with E-state index in [2.05, 4.69) is 20.6 Å². The van der Waals surface area contributed by atoms with E-state index in [4.69, 9.17) is 7.48 Å². The number of aromatic nitrogens is 3. The van der Waals surface area contributed by atoms with Crippen LogP contribution in [0.4, 0.5) is 16.2 Å². The highest BCUT2D eigenvalue weighted by Crippen LogP contribution is 2.27. The molecule has 0 fully saturated rings. The molecule has 0 unspecified atom stereocenters. The number of anilines is 2. The summed E-state index contributed by atoms with van der Waals surface area (Å²) in [6.45, 7) is -1.84. The third-order valence-electron chi connectivity index (χ3n) is 5.02. The fraction of sp³-hybridized carbons (Fsp3) is 0.0833. The van der Waals surface area contributed by atoms with Crippen LogP contribution in [0, 0.1) is 0 Å². The number of H-pyrrole nitrogens is 1. The van der Waals surface area contributed by atoms with Gasteiger partial charge in [-0.05, 0) is 60.2 Å². The normalized spacial score (nSPS) is 12.4. The zero-order valence-corrected chi connectivity index (χ0v) is 16.7.